The maximum Gasteiger partial charge on any atom is 0.410 e. The third-order valence-corrected chi connectivity index (χ3v) is 8.40. The number of aromatic nitrogens is 2. The summed E-state index contributed by atoms with van der Waals surface area (Å²) in [4.78, 5) is 26.2. The second-order valence-corrected chi connectivity index (χ2v) is 12.7. The van der Waals surface area contributed by atoms with Gasteiger partial charge in [-0.3, -0.25) is 0 Å². The van der Waals surface area contributed by atoms with E-state index < -0.39 is 5.60 Å². The molecule has 0 aliphatic carbocycles. The number of anilines is 2. The molecule has 1 aromatic heterocycles. The van der Waals surface area contributed by atoms with E-state index in [1.807, 2.05) is 51.7 Å². The van der Waals surface area contributed by atoms with Crippen LogP contribution in [0.25, 0.3) is 0 Å². The van der Waals surface area contributed by atoms with Crippen LogP contribution in [0.5, 0.6) is 0 Å². The number of piperidine rings is 2. The van der Waals surface area contributed by atoms with Crippen molar-refractivity contribution in [3.05, 3.63) is 44.5 Å². The average Bonchev–Trinajstić information content (AvgIpc) is 2.85. The molecule has 38 heavy (non-hydrogen) atoms. The highest BCUT2D eigenvalue weighted by Crippen LogP contribution is 2.35. The Hall–Kier alpha value is -1.96. The number of hydrogen-bond donors (Lipinski definition) is 1. The minimum absolute atomic E-state index is 0.122. The molecule has 0 saturated carbocycles. The predicted molar refractivity (Wildman–Crippen MR) is 156 cm³/mol. The number of hydrogen-bond acceptors (Lipinski definition) is 6. The zero-order valence-electron chi connectivity index (χ0n) is 22.9. The van der Waals surface area contributed by atoms with Crippen LogP contribution in [0, 0.1) is 18.8 Å². The number of benzene rings is 1. The van der Waals surface area contributed by atoms with Crippen LogP contribution in [-0.4, -0.2) is 52.7 Å². The maximum atomic E-state index is 12.5. The van der Waals surface area contributed by atoms with Crippen molar-refractivity contribution in [3.8, 4) is 0 Å². The summed E-state index contributed by atoms with van der Waals surface area (Å²) in [5.41, 5.74) is 1.18. The first kappa shape index (κ1) is 29.0. The highest BCUT2D eigenvalue weighted by Gasteiger charge is 2.33. The highest BCUT2D eigenvalue weighted by molar-refractivity contribution is 6.35. The van der Waals surface area contributed by atoms with E-state index in [0.29, 0.717) is 38.7 Å². The lowest BCUT2D eigenvalue weighted by atomic mass is 9.80. The highest BCUT2D eigenvalue weighted by atomic mass is 35.5. The first-order chi connectivity index (χ1) is 17.9. The third-order valence-electron chi connectivity index (χ3n) is 7.39. The number of nitrogens with zero attached hydrogens (tertiary/aromatic N) is 4. The summed E-state index contributed by atoms with van der Waals surface area (Å²) in [7, 11) is 0. The number of likely N-dealkylation sites (tertiary alicyclic amines) is 1. The van der Waals surface area contributed by atoms with Crippen LogP contribution in [0.1, 0.15) is 70.7 Å². The fourth-order valence-electron chi connectivity index (χ4n) is 5.37. The molecule has 1 aromatic carbocycles. The lowest BCUT2D eigenvalue weighted by molar-refractivity contribution is 0.0155. The molecule has 0 radical (unpaired) electrons. The fourth-order valence-corrected chi connectivity index (χ4v) is 6.08. The van der Waals surface area contributed by atoms with Gasteiger partial charge in [-0.15, -0.1) is 0 Å². The zero-order chi connectivity index (χ0) is 27.6. The van der Waals surface area contributed by atoms with Crippen molar-refractivity contribution >= 4 is 52.7 Å². The minimum Gasteiger partial charge on any atom is -0.444 e. The van der Waals surface area contributed by atoms with E-state index in [2.05, 4.69) is 10.2 Å². The SMILES string of the molecule is Cc1nc(N2CCC[C@H](C3CCN(C(=O)OC(C)(C)C)CC3)C2)nc(N[C@H](C)c2ccc(Cl)cc2Cl)c1Cl. The van der Waals surface area contributed by atoms with Crippen LogP contribution in [-0.2, 0) is 4.74 Å². The second-order valence-electron chi connectivity index (χ2n) is 11.5. The van der Waals surface area contributed by atoms with Crippen LogP contribution in [0.4, 0.5) is 16.6 Å². The minimum atomic E-state index is -0.471. The topological polar surface area (TPSA) is 70.6 Å². The van der Waals surface area contributed by atoms with Gasteiger partial charge in [0.05, 0.1) is 11.7 Å². The summed E-state index contributed by atoms with van der Waals surface area (Å²) in [5.74, 6) is 2.39. The van der Waals surface area contributed by atoms with E-state index in [1.54, 1.807) is 6.07 Å². The summed E-state index contributed by atoms with van der Waals surface area (Å²) in [5, 5.41) is 5.12. The van der Waals surface area contributed by atoms with E-state index in [9.17, 15) is 4.79 Å². The number of ether oxygens (including phenoxy) is 1. The smallest absolute Gasteiger partial charge is 0.410 e. The van der Waals surface area contributed by atoms with E-state index >= 15 is 0 Å². The molecule has 208 valence electrons. The van der Waals surface area contributed by atoms with Gasteiger partial charge in [-0.25, -0.2) is 9.78 Å². The Bertz CT molecular complexity index is 1150. The van der Waals surface area contributed by atoms with Gasteiger partial charge >= 0.3 is 6.09 Å². The molecule has 2 fully saturated rings. The van der Waals surface area contributed by atoms with E-state index in [-0.39, 0.29) is 12.1 Å². The van der Waals surface area contributed by atoms with Crippen molar-refractivity contribution < 1.29 is 9.53 Å². The molecule has 7 nitrogen and oxygen atoms in total. The van der Waals surface area contributed by atoms with Crippen molar-refractivity contribution in [1.29, 1.82) is 0 Å². The summed E-state index contributed by atoms with van der Waals surface area (Å²) >= 11 is 19.1. The number of aryl methyl sites for hydroxylation is 1. The van der Waals surface area contributed by atoms with Gasteiger partial charge in [0, 0.05) is 36.2 Å². The standard InChI is InChI=1S/C28H38Cl3N5O2/c1-17(22-9-8-21(29)15-23(22)30)32-25-24(31)18(2)33-26(34-25)36-12-6-7-20(16-36)19-10-13-35(14-11-19)27(37)38-28(3,4)5/h8-9,15,17,19-20H,6-7,10-14,16H2,1-5H3,(H,32,33,34)/t17-,20+/m1/s1. The number of rotatable bonds is 5. The van der Waals surface area contributed by atoms with Crippen molar-refractivity contribution in [1.82, 2.24) is 14.9 Å². The van der Waals surface area contributed by atoms with E-state index in [0.717, 1.165) is 56.7 Å². The van der Waals surface area contributed by atoms with Crippen LogP contribution in [0.15, 0.2) is 18.2 Å². The summed E-state index contributed by atoms with van der Waals surface area (Å²) in [6.07, 6.45) is 4.04. The largest absolute Gasteiger partial charge is 0.444 e. The van der Waals surface area contributed by atoms with Crippen molar-refractivity contribution in [2.24, 2.45) is 11.8 Å². The molecule has 0 unspecified atom stereocenters. The monoisotopic (exact) mass is 581 g/mol. The Kier molecular flexibility index (Phi) is 9.21. The lowest BCUT2D eigenvalue weighted by Crippen LogP contribution is -2.45. The number of nitrogens with one attached hydrogen (secondary N) is 1. The summed E-state index contributed by atoms with van der Waals surface area (Å²) in [6.45, 7) is 12.9. The van der Waals surface area contributed by atoms with E-state index in [4.69, 9.17) is 49.5 Å². The Morgan fingerprint density at radius 1 is 1.08 bits per heavy atom. The third kappa shape index (κ3) is 7.16. The number of carbonyl (C=O) groups excluding carboxylic acids is 1. The Morgan fingerprint density at radius 3 is 2.45 bits per heavy atom. The van der Waals surface area contributed by atoms with Gasteiger partial charge in [0.2, 0.25) is 5.95 Å². The molecule has 2 saturated heterocycles. The molecule has 0 bridgehead atoms. The molecule has 4 rings (SSSR count). The van der Waals surface area contributed by atoms with Gasteiger partial charge in [-0.1, -0.05) is 40.9 Å². The Labute approximate surface area is 241 Å². The fraction of sp³-hybridized carbons (Fsp3) is 0.607. The molecular weight excluding hydrogens is 545 g/mol. The van der Waals surface area contributed by atoms with Crippen molar-refractivity contribution in [2.75, 3.05) is 36.4 Å². The number of halogens is 3. The van der Waals surface area contributed by atoms with Gasteiger partial charge in [0.1, 0.15) is 10.6 Å². The predicted octanol–water partition coefficient (Wildman–Crippen LogP) is 7.78. The normalized spacial score (nSPS) is 19.8. The zero-order valence-corrected chi connectivity index (χ0v) is 25.1. The van der Waals surface area contributed by atoms with Crippen LogP contribution < -0.4 is 10.2 Å². The summed E-state index contributed by atoms with van der Waals surface area (Å²) in [6, 6.07) is 5.35. The van der Waals surface area contributed by atoms with Crippen molar-refractivity contribution in [2.45, 2.75) is 71.9 Å². The lowest BCUT2D eigenvalue weighted by Gasteiger charge is -2.41. The number of carbonyl (C=O) groups is 1. The van der Waals surface area contributed by atoms with Crippen LogP contribution in [0.3, 0.4) is 0 Å². The quantitative estimate of drug-likeness (QED) is 0.388. The summed E-state index contributed by atoms with van der Waals surface area (Å²) < 4.78 is 5.56. The van der Waals surface area contributed by atoms with Gasteiger partial charge in [-0.05, 0) is 89.8 Å². The molecule has 3 heterocycles. The molecule has 10 heteroatoms. The van der Waals surface area contributed by atoms with Gasteiger partial charge in [0.15, 0.2) is 5.82 Å². The number of amides is 1. The van der Waals surface area contributed by atoms with Crippen molar-refractivity contribution in [3.63, 3.8) is 0 Å². The Balaban J connectivity index is 1.42. The van der Waals surface area contributed by atoms with Crippen LogP contribution >= 0.6 is 34.8 Å². The first-order valence-corrected chi connectivity index (χ1v) is 14.5. The van der Waals surface area contributed by atoms with Gasteiger partial charge in [-0.2, -0.15) is 4.98 Å². The molecule has 0 spiro atoms. The average molecular weight is 583 g/mol. The second kappa shape index (κ2) is 12.1. The first-order valence-electron chi connectivity index (χ1n) is 13.4. The molecule has 1 N–H and O–H groups in total. The maximum absolute atomic E-state index is 12.5. The van der Waals surface area contributed by atoms with Gasteiger partial charge < -0.3 is 19.9 Å². The molecule has 2 atom stereocenters. The molecule has 1 amide bonds. The molecular formula is C28H38Cl3N5O2. The van der Waals surface area contributed by atoms with E-state index in [1.165, 1.54) is 6.42 Å². The van der Waals surface area contributed by atoms with Crippen LogP contribution in [0.2, 0.25) is 15.1 Å². The van der Waals surface area contributed by atoms with Gasteiger partial charge in [0.25, 0.3) is 0 Å². The molecule has 2 aliphatic heterocycles. The molecule has 2 aliphatic rings. The Morgan fingerprint density at radius 2 is 1.79 bits per heavy atom. The molecule has 2 aromatic rings.